The summed E-state index contributed by atoms with van der Waals surface area (Å²) in [4.78, 5) is 24.9. The highest BCUT2D eigenvalue weighted by Crippen LogP contribution is 2.28. The molecule has 1 aromatic rings. The van der Waals surface area contributed by atoms with Crippen molar-refractivity contribution in [2.45, 2.75) is 39.3 Å². The molecule has 0 aliphatic carbocycles. The number of halogens is 2. The van der Waals surface area contributed by atoms with Gasteiger partial charge in [-0.25, -0.2) is 4.79 Å². The van der Waals surface area contributed by atoms with Crippen LogP contribution in [0.2, 0.25) is 0 Å². The number of ether oxygens (including phenoxy) is 1. The van der Waals surface area contributed by atoms with Gasteiger partial charge in [-0.2, -0.15) is 8.78 Å². The second kappa shape index (κ2) is 6.29. The van der Waals surface area contributed by atoms with Crippen LogP contribution in [-0.4, -0.2) is 41.1 Å². The normalized spacial score (nSPS) is 17.9. The van der Waals surface area contributed by atoms with Gasteiger partial charge in [0.25, 0.3) is 5.91 Å². The molecule has 1 aliphatic rings. The number of carbonyl (C=O) groups excluding carboxylic acids is 1. The second-order valence-electron chi connectivity index (χ2n) is 5.31. The number of hydrogen-bond acceptors (Lipinski definition) is 3. The summed E-state index contributed by atoms with van der Waals surface area (Å²) < 4.78 is 29.2. The van der Waals surface area contributed by atoms with Crippen LogP contribution in [0.1, 0.15) is 34.3 Å². The highest BCUT2D eigenvalue weighted by Gasteiger charge is 2.34. The summed E-state index contributed by atoms with van der Waals surface area (Å²) >= 11 is 0. The minimum Gasteiger partial charge on any atom is -0.480 e. The average Bonchev–Trinajstić information content (AvgIpc) is 2.91. The predicted molar refractivity (Wildman–Crippen MR) is 74.2 cm³/mol. The molecule has 1 saturated heterocycles. The molecule has 0 radical (unpaired) electrons. The van der Waals surface area contributed by atoms with E-state index in [1.165, 1.54) is 17.0 Å². The molecule has 1 N–H and O–H groups in total. The van der Waals surface area contributed by atoms with Gasteiger partial charge in [0, 0.05) is 12.1 Å². The van der Waals surface area contributed by atoms with E-state index in [4.69, 9.17) is 5.11 Å². The Labute approximate surface area is 126 Å². The zero-order valence-corrected chi connectivity index (χ0v) is 12.3. The molecule has 1 amide bonds. The minimum atomic E-state index is -2.94. The Morgan fingerprint density at radius 1 is 1.32 bits per heavy atom. The number of amides is 1. The molecule has 0 aromatic heterocycles. The molecule has 1 aliphatic heterocycles. The fourth-order valence-corrected chi connectivity index (χ4v) is 2.78. The van der Waals surface area contributed by atoms with Crippen molar-refractivity contribution in [3.05, 3.63) is 28.8 Å². The Balaban J connectivity index is 2.29. The quantitative estimate of drug-likeness (QED) is 0.928. The van der Waals surface area contributed by atoms with Crippen molar-refractivity contribution >= 4 is 11.9 Å². The van der Waals surface area contributed by atoms with Gasteiger partial charge in [0.05, 0.1) is 0 Å². The maximum atomic E-state index is 12.5. The van der Waals surface area contributed by atoms with Crippen LogP contribution in [0.3, 0.4) is 0 Å². The number of rotatable bonds is 4. The number of carboxylic acid groups (broad SMARTS) is 1. The van der Waals surface area contributed by atoms with Gasteiger partial charge < -0.3 is 14.7 Å². The van der Waals surface area contributed by atoms with E-state index < -0.39 is 24.5 Å². The lowest BCUT2D eigenvalue weighted by atomic mass is 10.0. The predicted octanol–water partition coefficient (Wildman–Crippen LogP) is 2.59. The monoisotopic (exact) mass is 313 g/mol. The summed E-state index contributed by atoms with van der Waals surface area (Å²) in [7, 11) is 0. The first-order chi connectivity index (χ1) is 10.3. The fourth-order valence-electron chi connectivity index (χ4n) is 2.78. The van der Waals surface area contributed by atoms with Gasteiger partial charge in [-0.3, -0.25) is 4.79 Å². The van der Waals surface area contributed by atoms with E-state index in [0.29, 0.717) is 30.5 Å². The van der Waals surface area contributed by atoms with Gasteiger partial charge in [-0.15, -0.1) is 0 Å². The molecule has 22 heavy (non-hydrogen) atoms. The van der Waals surface area contributed by atoms with Crippen LogP contribution in [0.15, 0.2) is 12.1 Å². The van der Waals surface area contributed by atoms with Gasteiger partial charge in [0.15, 0.2) is 0 Å². The van der Waals surface area contributed by atoms with Crippen molar-refractivity contribution in [1.82, 2.24) is 4.90 Å². The number of benzene rings is 1. The van der Waals surface area contributed by atoms with Crippen LogP contribution in [0, 0.1) is 13.8 Å². The van der Waals surface area contributed by atoms with Crippen molar-refractivity contribution < 1.29 is 28.2 Å². The third kappa shape index (κ3) is 3.18. The Hall–Kier alpha value is -2.18. The van der Waals surface area contributed by atoms with E-state index in [9.17, 15) is 18.4 Å². The van der Waals surface area contributed by atoms with E-state index in [2.05, 4.69) is 4.74 Å². The summed E-state index contributed by atoms with van der Waals surface area (Å²) in [5.74, 6) is -1.39. The summed E-state index contributed by atoms with van der Waals surface area (Å²) in [6.07, 6.45) is 1.05. The average molecular weight is 313 g/mol. The lowest BCUT2D eigenvalue weighted by Crippen LogP contribution is -2.40. The zero-order chi connectivity index (χ0) is 16.4. The second-order valence-corrected chi connectivity index (χ2v) is 5.31. The number of alkyl halides is 2. The first-order valence-electron chi connectivity index (χ1n) is 6.91. The molecule has 0 spiro atoms. The van der Waals surface area contributed by atoms with E-state index in [1.54, 1.807) is 13.8 Å². The number of aliphatic carboxylic acids is 1. The molecule has 2 rings (SSSR count). The Kier molecular flexibility index (Phi) is 4.63. The topological polar surface area (TPSA) is 66.8 Å². The third-order valence-electron chi connectivity index (χ3n) is 3.71. The first-order valence-corrected chi connectivity index (χ1v) is 6.91. The minimum absolute atomic E-state index is 0.0442. The molecule has 120 valence electrons. The van der Waals surface area contributed by atoms with Gasteiger partial charge in [-0.1, -0.05) is 0 Å². The lowest BCUT2D eigenvalue weighted by Gasteiger charge is -2.22. The summed E-state index contributed by atoms with van der Waals surface area (Å²) in [5, 5.41) is 9.13. The summed E-state index contributed by atoms with van der Waals surface area (Å²) in [5.41, 5.74) is 1.11. The fraction of sp³-hybridized carbons (Fsp3) is 0.467. The van der Waals surface area contributed by atoms with E-state index in [0.717, 1.165) is 0 Å². The lowest BCUT2D eigenvalue weighted by molar-refractivity contribution is -0.141. The standard InChI is InChI=1S/C15H17F2NO4/c1-8-6-10(7-9(2)12(8)22-15(16)17)13(19)18-5-3-4-11(18)14(20)21/h6-7,11,15H,3-5H2,1-2H3,(H,20,21). The van der Waals surface area contributed by atoms with Crippen molar-refractivity contribution in [1.29, 1.82) is 0 Å². The van der Waals surface area contributed by atoms with E-state index in [-0.39, 0.29) is 11.3 Å². The largest absolute Gasteiger partial charge is 0.480 e. The number of likely N-dealkylation sites (tertiary alicyclic amines) is 1. The van der Waals surface area contributed by atoms with Crippen LogP contribution < -0.4 is 4.74 Å². The Morgan fingerprint density at radius 2 is 1.91 bits per heavy atom. The van der Waals surface area contributed by atoms with Crippen LogP contribution in [0.5, 0.6) is 5.75 Å². The Bertz CT molecular complexity index is 580. The molecule has 1 heterocycles. The van der Waals surface area contributed by atoms with Gasteiger partial charge in [-0.05, 0) is 49.9 Å². The van der Waals surface area contributed by atoms with Crippen LogP contribution in [-0.2, 0) is 4.79 Å². The maximum absolute atomic E-state index is 12.5. The summed E-state index contributed by atoms with van der Waals surface area (Å²) in [6, 6.07) is 2.07. The molecule has 5 nitrogen and oxygen atoms in total. The zero-order valence-electron chi connectivity index (χ0n) is 12.3. The maximum Gasteiger partial charge on any atom is 0.387 e. The van der Waals surface area contributed by atoms with Crippen LogP contribution in [0.4, 0.5) is 8.78 Å². The van der Waals surface area contributed by atoms with Crippen molar-refractivity contribution in [2.75, 3.05) is 6.54 Å². The third-order valence-corrected chi connectivity index (χ3v) is 3.71. The molecule has 1 fully saturated rings. The van der Waals surface area contributed by atoms with E-state index >= 15 is 0 Å². The van der Waals surface area contributed by atoms with Crippen molar-refractivity contribution in [2.24, 2.45) is 0 Å². The molecular weight excluding hydrogens is 296 g/mol. The molecule has 1 atom stereocenters. The first kappa shape index (κ1) is 16.2. The van der Waals surface area contributed by atoms with Crippen molar-refractivity contribution in [3.63, 3.8) is 0 Å². The molecule has 0 bridgehead atoms. The van der Waals surface area contributed by atoms with Gasteiger partial charge in [0.2, 0.25) is 0 Å². The van der Waals surface area contributed by atoms with E-state index in [1.807, 2.05) is 0 Å². The highest BCUT2D eigenvalue weighted by molar-refractivity contribution is 5.97. The SMILES string of the molecule is Cc1cc(C(=O)N2CCCC2C(=O)O)cc(C)c1OC(F)F. The summed E-state index contributed by atoms with van der Waals surface area (Å²) in [6.45, 7) is 0.581. The molecule has 1 unspecified atom stereocenters. The number of hydrogen-bond donors (Lipinski definition) is 1. The molecular formula is C15H17F2NO4. The van der Waals surface area contributed by atoms with Crippen LogP contribution >= 0.6 is 0 Å². The van der Waals surface area contributed by atoms with Gasteiger partial charge >= 0.3 is 12.6 Å². The smallest absolute Gasteiger partial charge is 0.387 e. The molecule has 7 heteroatoms. The highest BCUT2D eigenvalue weighted by atomic mass is 19.3. The number of carbonyl (C=O) groups is 2. The molecule has 1 aromatic carbocycles. The number of carboxylic acids is 1. The number of nitrogens with zero attached hydrogens (tertiary/aromatic N) is 1. The van der Waals surface area contributed by atoms with Gasteiger partial charge in [0.1, 0.15) is 11.8 Å². The van der Waals surface area contributed by atoms with Crippen molar-refractivity contribution in [3.8, 4) is 5.75 Å². The van der Waals surface area contributed by atoms with Crippen LogP contribution in [0.25, 0.3) is 0 Å². The number of aryl methyl sites for hydroxylation is 2. The Morgan fingerprint density at radius 3 is 2.41 bits per heavy atom. The molecule has 0 saturated carbocycles.